The maximum absolute atomic E-state index is 12.4. The summed E-state index contributed by atoms with van der Waals surface area (Å²) in [5, 5.41) is 15.0. The van der Waals surface area contributed by atoms with Crippen LogP contribution in [0.3, 0.4) is 0 Å². The topological polar surface area (TPSA) is 52.6 Å². The molecule has 0 bridgehead atoms. The molecule has 134 valence electrons. The zero-order chi connectivity index (χ0) is 17.6. The van der Waals surface area contributed by atoms with Crippen molar-refractivity contribution < 1.29 is 9.90 Å². The maximum Gasteiger partial charge on any atom is 0.227 e. The number of likely N-dealkylation sites (tertiary alicyclic amines) is 1. The van der Waals surface area contributed by atoms with E-state index in [1.54, 1.807) is 0 Å². The van der Waals surface area contributed by atoms with Gasteiger partial charge in [-0.3, -0.25) is 4.79 Å². The highest BCUT2D eigenvalue weighted by Gasteiger charge is 2.17. The third-order valence-corrected chi connectivity index (χ3v) is 5.17. The quantitative estimate of drug-likeness (QED) is 0.795. The minimum absolute atomic E-state index is 0.0874. The largest absolute Gasteiger partial charge is 0.393 e. The highest BCUT2D eigenvalue weighted by molar-refractivity contribution is 5.87. The third-order valence-electron chi connectivity index (χ3n) is 5.17. The Bertz CT molecular complexity index is 708. The summed E-state index contributed by atoms with van der Waals surface area (Å²) in [6.45, 7) is 5.57. The molecule has 1 aliphatic heterocycles. The van der Waals surface area contributed by atoms with Gasteiger partial charge in [-0.1, -0.05) is 42.5 Å². The maximum atomic E-state index is 12.4. The number of amides is 1. The molecule has 0 saturated carbocycles. The van der Waals surface area contributed by atoms with Gasteiger partial charge in [0.15, 0.2) is 0 Å². The molecule has 3 rings (SSSR count). The second kappa shape index (κ2) is 8.45. The van der Waals surface area contributed by atoms with E-state index in [2.05, 4.69) is 34.5 Å². The Labute approximate surface area is 149 Å². The predicted molar refractivity (Wildman–Crippen MR) is 102 cm³/mol. The fraction of sp³-hybridized carbons (Fsp3) is 0.476. The number of aliphatic hydroxyl groups is 1. The molecule has 1 atom stereocenters. The van der Waals surface area contributed by atoms with Crippen molar-refractivity contribution in [1.29, 1.82) is 0 Å². The first-order valence-electron chi connectivity index (χ1n) is 9.30. The summed E-state index contributed by atoms with van der Waals surface area (Å²) in [5.74, 6) is -0.0564. The molecule has 2 N–H and O–H groups in total. The van der Waals surface area contributed by atoms with Gasteiger partial charge >= 0.3 is 0 Å². The van der Waals surface area contributed by atoms with Gasteiger partial charge in [0.2, 0.25) is 5.91 Å². The van der Waals surface area contributed by atoms with E-state index < -0.39 is 0 Å². The number of piperidine rings is 1. The number of rotatable bonds is 6. The second-order valence-corrected chi connectivity index (χ2v) is 7.05. The van der Waals surface area contributed by atoms with Gasteiger partial charge in [-0.2, -0.15) is 0 Å². The van der Waals surface area contributed by atoms with Gasteiger partial charge in [-0.25, -0.2) is 0 Å². The van der Waals surface area contributed by atoms with Crippen LogP contribution in [0.25, 0.3) is 10.8 Å². The number of hydrogen-bond donors (Lipinski definition) is 2. The van der Waals surface area contributed by atoms with Gasteiger partial charge in [-0.05, 0) is 49.1 Å². The molecule has 0 aliphatic carbocycles. The summed E-state index contributed by atoms with van der Waals surface area (Å²) in [6.07, 6.45) is 2.56. The highest BCUT2D eigenvalue weighted by Crippen LogP contribution is 2.21. The number of nitrogens with zero attached hydrogens (tertiary/aromatic N) is 1. The highest BCUT2D eigenvalue weighted by atomic mass is 16.3. The number of carbonyl (C=O) groups excluding carboxylic acids is 1. The predicted octanol–water partition coefficient (Wildman–Crippen LogP) is 2.91. The van der Waals surface area contributed by atoms with Crippen molar-refractivity contribution in [2.45, 2.75) is 38.2 Å². The monoisotopic (exact) mass is 340 g/mol. The molecular weight excluding hydrogens is 312 g/mol. The molecule has 2 aromatic rings. The van der Waals surface area contributed by atoms with Crippen LogP contribution in [0, 0.1) is 0 Å². The molecular formula is C21H28N2O2. The van der Waals surface area contributed by atoms with Gasteiger partial charge < -0.3 is 15.3 Å². The van der Waals surface area contributed by atoms with Crippen molar-refractivity contribution in [3.8, 4) is 0 Å². The van der Waals surface area contributed by atoms with Gasteiger partial charge in [0.05, 0.1) is 12.0 Å². The van der Waals surface area contributed by atoms with E-state index in [4.69, 9.17) is 0 Å². The van der Waals surface area contributed by atoms with Crippen LogP contribution in [-0.4, -0.2) is 48.2 Å². The van der Waals surface area contributed by atoms with Crippen LogP contribution in [0.2, 0.25) is 0 Å². The molecule has 1 unspecified atom stereocenters. The van der Waals surface area contributed by atoms with Crippen molar-refractivity contribution in [3.05, 3.63) is 48.0 Å². The number of carbonyl (C=O) groups is 1. The molecule has 0 spiro atoms. The molecule has 4 nitrogen and oxygen atoms in total. The summed E-state index contributed by atoms with van der Waals surface area (Å²) in [5.41, 5.74) is 1.06. The molecule has 1 aliphatic rings. The van der Waals surface area contributed by atoms with Crippen LogP contribution < -0.4 is 5.32 Å². The molecule has 2 aromatic carbocycles. The number of nitrogens with one attached hydrogen (secondary N) is 1. The van der Waals surface area contributed by atoms with E-state index >= 15 is 0 Å². The molecule has 0 aromatic heterocycles. The second-order valence-electron chi connectivity index (χ2n) is 7.05. The standard InChI is InChI=1S/C21H28N2O2/c1-16(18-8-7-17-5-2-3-6-19(17)15-18)21(25)22-11-4-12-23-13-9-20(24)10-14-23/h2-3,5-8,15-16,20,24H,4,9-14H2,1H3,(H,22,25). The van der Waals surface area contributed by atoms with Crippen LogP contribution in [-0.2, 0) is 4.79 Å². The Morgan fingerprint density at radius 3 is 2.68 bits per heavy atom. The lowest BCUT2D eigenvalue weighted by Gasteiger charge is -2.29. The smallest absolute Gasteiger partial charge is 0.227 e. The Hall–Kier alpha value is -1.91. The van der Waals surface area contributed by atoms with Crippen LogP contribution in [0.4, 0.5) is 0 Å². The van der Waals surface area contributed by atoms with Crippen molar-refractivity contribution in [2.24, 2.45) is 0 Å². The Balaban J connectivity index is 1.45. The number of benzene rings is 2. The molecule has 1 heterocycles. The van der Waals surface area contributed by atoms with Gasteiger partial charge in [0, 0.05) is 19.6 Å². The Morgan fingerprint density at radius 2 is 1.92 bits per heavy atom. The zero-order valence-corrected chi connectivity index (χ0v) is 14.9. The summed E-state index contributed by atoms with van der Waals surface area (Å²) in [6, 6.07) is 14.5. The Morgan fingerprint density at radius 1 is 1.20 bits per heavy atom. The zero-order valence-electron chi connectivity index (χ0n) is 14.9. The first kappa shape index (κ1) is 17.9. The van der Waals surface area contributed by atoms with Crippen LogP contribution in [0.15, 0.2) is 42.5 Å². The van der Waals surface area contributed by atoms with E-state index in [1.165, 1.54) is 10.8 Å². The van der Waals surface area contributed by atoms with Crippen molar-refractivity contribution in [3.63, 3.8) is 0 Å². The fourth-order valence-electron chi connectivity index (χ4n) is 3.44. The molecule has 1 amide bonds. The lowest BCUT2D eigenvalue weighted by Crippen LogP contribution is -2.38. The van der Waals surface area contributed by atoms with E-state index in [1.807, 2.05) is 25.1 Å². The first-order valence-corrected chi connectivity index (χ1v) is 9.30. The average molecular weight is 340 g/mol. The summed E-state index contributed by atoms with van der Waals surface area (Å²) in [4.78, 5) is 14.8. The number of aliphatic hydroxyl groups excluding tert-OH is 1. The minimum Gasteiger partial charge on any atom is -0.393 e. The van der Waals surface area contributed by atoms with Gasteiger partial charge in [0.25, 0.3) is 0 Å². The van der Waals surface area contributed by atoms with Crippen molar-refractivity contribution >= 4 is 16.7 Å². The minimum atomic E-state index is -0.144. The van der Waals surface area contributed by atoms with Crippen molar-refractivity contribution in [1.82, 2.24) is 10.2 Å². The lowest BCUT2D eigenvalue weighted by molar-refractivity contribution is -0.122. The van der Waals surface area contributed by atoms with Crippen LogP contribution in [0.1, 0.15) is 37.7 Å². The molecule has 0 radical (unpaired) electrons. The fourth-order valence-corrected chi connectivity index (χ4v) is 3.44. The van der Waals surface area contributed by atoms with Crippen LogP contribution in [0.5, 0.6) is 0 Å². The summed E-state index contributed by atoms with van der Waals surface area (Å²) < 4.78 is 0. The van der Waals surface area contributed by atoms with Crippen LogP contribution >= 0.6 is 0 Å². The van der Waals surface area contributed by atoms with Gasteiger partial charge in [0.1, 0.15) is 0 Å². The van der Waals surface area contributed by atoms with E-state index in [0.29, 0.717) is 6.54 Å². The molecule has 25 heavy (non-hydrogen) atoms. The Kier molecular flexibility index (Phi) is 6.05. The normalized spacial score (nSPS) is 17.5. The molecule has 1 fully saturated rings. The van der Waals surface area contributed by atoms with E-state index in [9.17, 15) is 9.90 Å². The third kappa shape index (κ3) is 4.80. The number of hydrogen-bond acceptors (Lipinski definition) is 3. The molecule has 1 saturated heterocycles. The van der Waals surface area contributed by atoms with Crippen molar-refractivity contribution in [2.75, 3.05) is 26.2 Å². The first-order chi connectivity index (χ1) is 12.1. The van der Waals surface area contributed by atoms with Gasteiger partial charge in [-0.15, -0.1) is 0 Å². The SMILES string of the molecule is CC(C(=O)NCCCN1CCC(O)CC1)c1ccc2ccccc2c1. The van der Waals surface area contributed by atoms with E-state index in [-0.39, 0.29) is 17.9 Å². The number of fused-ring (bicyclic) bond motifs is 1. The summed E-state index contributed by atoms with van der Waals surface area (Å²) in [7, 11) is 0. The van der Waals surface area contributed by atoms with E-state index in [0.717, 1.165) is 44.5 Å². The lowest BCUT2D eigenvalue weighted by atomic mass is 9.97. The molecule has 4 heteroatoms. The summed E-state index contributed by atoms with van der Waals surface area (Å²) >= 11 is 0. The average Bonchev–Trinajstić information content (AvgIpc) is 2.65.